The average Bonchev–Trinajstić information content (AvgIpc) is 4.16. The minimum Gasteiger partial charge on any atom is -0.458 e. The normalized spacial score (nSPS) is 49.8. The van der Waals surface area contributed by atoms with Crippen molar-refractivity contribution >= 4 is 29.1 Å². The Balaban J connectivity index is 0.000000151. The lowest BCUT2D eigenvalue weighted by Crippen LogP contribution is -2.70. The van der Waals surface area contributed by atoms with E-state index in [9.17, 15) is 39.3 Å². The van der Waals surface area contributed by atoms with E-state index in [2.05, 4.69) is 0 Å². The molecule has 12 aliphatic rings. The lowest BCUT2D eigenvalue weighted by atomic mass is 9.44. The van der Waals surface area contributed by atoms with Crippen LogP contribution in [0.1, 0.15) is 137 Å². The van der Waals surface area contributed by atoms with Gasteiger partial charge in [0.2, 0.25) is 5.78 Å². The average molecular weight is 963 g/mol. The van der Waals surface area contributed by atoms with Gasteiger partial charge in [-0.2, -0.15) is 0 Å². The molecule has 16 atom stereocenters. The number of esters is 1. The quantitative estimate of drug-likeness (QED) is 0.254. The van der Waals surface area contributed by atoms with Gasteiger partial charge in [-0.15, -0.1) is 0 Å². The van der Waals surface area contributed by atoms with E-state index < -0.39 is 117 Å². The molecule has 0 bridgehead atoms. The van der Waals surface area contributed by atoms with Gasteiger partial charge in [0.05, 0.1) is 24.4 Å². The van der Waals surface area contributed by atoms with Crippen molar-refractivity contribution in [1.29, 1.82) is 0 Å². The van der Waals surface area contributed by atoms with Crippen molar-refractivity contribution in [3.8, 4) is 0 Å². The Morgan fingerprint density at radius 2 is 1.07 bits per heavy atom. The van der Waals surface area contributed by atoms with E-state index in [-0.39, 0.29) is 42.0 Å². The molecule has 2 spiro atoms. The van der Waals surface area contributed by atoms with E-state index in [0.717, 1.165) is 31.3 Å². The maximum absolute atomic E-state index is 17.4. The molecule has 10 aliphatic carbocycles. The second-order valence-electron chi connectivity index (χ2n) is 23.9. The third-order valence-electron chi connectivity index (χ3n) is 21.1. The van der Waals surface area contributed by atoms with Crippen LogP contribution in [0.15, 0.2) is 47.6 Å². The molecule has 2 aliphatic heterocycles. The zero-order valence-corrected chi connectivity index (χ0v) is 40.5. The molecule has 8 saturated carbocycles. The minimum absolute atomic E-state index is 0.0110. The second kappa shape index (κ2) is 15.4. The number of ether oxygens (including phenoxy) is 5. The van der Waals surface area contributed by atoms with Gasteiger partial charge in [0.25, 0.3) is 0 Å². The van der Waals surface area contributed by atoms with E-state index in [1.54, 1.807) is 26.0 Å². The molecule has 13 nitrogen and oxygen atoms in total. The SMILES string of the molecule is CC(=O)OCC(=O)[C@@]12OC3(CCCC3)O[C@@H]1CC1C3CCC4=CC(=O)C=CC4(C)[C@@]3(F)[C@@H](O)CC12C.CC12C[C@H](O)[C@@]3(F)C(CCC4=CC(=O)C=CC43C)C1C[C@H]1OC3(CCCC3)O[C@]12C(=O)CO. The summed E-state index contributed by atoms with van der Waals surface area (Å²) in [6.07, 6.45) is 14.7. The Bertz CT molecular complexity index is 2400. The molecule has 69 heavy (non-hydrogen) atoms. The van der Waals surface area contributed by atoms with Crippen molar-refractivity contribution in [1.82, 2.24) is 0 Å². The molecule has 0 radical (unpaired) electrons. The summed E-state index contributed by atoms with van der Waals surface area (Å²) in [5.74, 6) is -4.97. The largest absolute Gasteiger partial charge is 0.458 e. The van der Waals surface area contributed by atoms with Crippen LogP contribution in [0.3, 0.4) is 0 Å². The molecule has 2 heterocycles. The molecule has 10 fully saturated rings. The molecule has 3 N–H and O–H groups in total. The van der Waals surface area contributed by atoms with Crippen LogP contribution in [0.25, 0.3) is 0 Å². The summed E-state index contributed by atoms with van der Waals surface area (Å²) in [4.78, 5) is 63.0. The highest BCUT2D eigenvalue weighted by atomic mass is 19.1. The Kier molecular flexibility index (Phi) is 10.7. The van der Waals surface area contributed by atoms with Crippen LogP contribution in [0.4, 0.5) is 8.78 Å². The van der Waals surface area contributed by atoms with Gasteiger partial charge in [0.15, 0.2) is 58.1 Å². The summed E-state index contributed by atoms with van der Waals surface area (Å²) in [6.45, 7) is 7.56. The Morgan fingerprint density at radius 1 is 0.667 bits per heavy atom. The van der Waals surface area contributed by atoms with Gasteiger partial charge < -0.3 is 39.0 Å². The highest BCUT2D eigenvalue weighted by molar-refractivity contribution is 6.02. The Labute approximate surface area is 401 Å². The number of fused-ring (bicyclic) bond motifs is 14. The predicted molar refractivity (Wildman–Crippen MR) is 241 cm³/mol. The number of hydrogen-bond acceptors (Lipinski definition) is 13. The predicted octanol–water partition coefficient (Wildman–Crippen LogP) is 6.48. The van der Waals surface area contributed by atoms with Crippen molar-refractivity contribution in [2.24, 2.45) is 45.3 Å². The molecule has 376 valence electrons. The maximum atomic E-state index is 17.4. The molecule has 0 aromatic heterocycles. The molecule has 8 unspecified atom stereocenters. The smallest absolute Gasteiger partial charge is 0.303 e. The number of aliphatic hydroxyl groups is 3. The first kappa shape index (κ1) is 48.0. The number of alkyl halides is 2. The lowest BCUT2D eigenvalue weighted by molar-refractivity contribution is -0.253. The molecule has 0 aromatic carbocycles. The van der Waals surface area contributed by atoms with Gasteiger partial charge in [0, 0.05) is 66.1 Å². The lowest BCUT2D eigenvalue weighted by Gasteiger charge is -2.62. The third kappa shape index (κ3) is 5.89. The number of carbonyl (C=O) groups is 5. The topological polar surface area (TPSA) is 192 Å². The van der Waals surface area contributed by atoms with Gasteiger partial charge in [-0.05, 0) is 127 Å². The van der Waals surface area contributed by atoms with E-state index in [4.69, 9.17) is 23.7 Å². The molecule has 12 rings (SSSR count). The van der Waals surface area contributed by atoms with Crippen molar-refractivity contribution in [2.45, 2.75) is 196 Å². The molecular formula is C54H68F2O13. The summed E-state index contributed by atoms with van der Waals surface area (Å²) in [7, 11) is 0. The van der Waals surface area contributed by atoms with Crippen LogP contribution < -0.4 is 0 Å². The fourth-order valence-corrected chi connectivity index (χ4v) is 17.9. The first-order valence-electron chi connectivity index (χ1n) is 25.7. The number of halogens is 2. The maximum Gasteiger partial charge on any atom is 0.303 e. The number of rotatable bonds is 5. The molecular weight excluding hydrogens is 895 g/mol. The van der Waals surface area contributed by atoms with E-state index in [1.165, 1.54) is 31.2 Å². The summed E-state index contributed by atoms with van der Waals surface area (Å²) in [5.41, 5.74) is -9.28. The van der Waals surface area contributed by atoms with Gasteiger partial charge in [-0.1, -0.05) is 37.1 Å². The number of aliphatic hydroxyl groups excluding tert-OH is 3. The first-order valence-corrected chi connectivity index (χ1v) is 25.7. The highest BCUT2D eigenvalue weighted by Gasteiger charge is 2.83. The number of allylic oxidation sites excluding steroid dienone is 8. The van der Waals surface area contributed by atoms with Gasteiger partial charge in [-0.25, -0.2) is 8.78 Å². The Hall–Kier alpha value is -3.31. The standard InChI is InChI=1S/C28H35FO7.C26H33FO6/c1-16(30)34-15-22(33)28-23(35-26(36-28)9-4-5-10-26)13-20-19-7-6-17-12-18(31)8-11-24(17,2)27(19,29)21(32)14-25(20,28)3;1-22-10-7-16(29)11-15(22)5-6-17-18-12-21-26(20(31)14-28,33-24(32-21)8-3-4-9-24)23(18,2)13-19(30)25(17,22)27/h8,11-12,19-21,23,32H,4-7,9-10,13-15H2,1-3H3;7,10-11,17-19,21,28,30H,3-6,8-9,12-14H2,1-2H3/t19?,20?,21-,23+,24?,25?,27-,28+;17?,18?,19-,21+,22?,23?,25-,26+/m00/s1. The zero-order chi connectivity index (χ0) is 49.2. The first-order chi connectivity index (χ1) is 32.5. The highest BCUT2D eigenvalue weighted by Crippen LogP contribution is 2.75. The molecule has 0 amide bonds. The van der Waals surface area contributed by atoms with Crippen LogP contribution in [0.5, 0.6) is 0 Å². The molecule has 0 aromatic rings. The monoisotopic (exact) mass is 962 g/mol. The van der Waals surface area contributed by atoms with Gasteiger partial charge >= 0.3 is 5.97 Å². The summed E-state index contributed by atoms with van der Waals surface area (Å²) >= 11 is 0. The number of ketones is 4. The summed E-state index contributed by atoms with van der Waals surface area (Å²) in [6, 6.07) is 0. The van der Waals surface area contributed by atoms with Crippen LogP contribution in [0, 0.1) is 45.3 Å². The Morgan fingerprint density at radius 3 is 1.46 bits per heavy atom. The number of Topliss-reactive ketones (excluding diaryl/α,β-unsaturated/α-hetero) is 2. The summed E-state index contributed by atoms with van der Waals surface area (Å²) < 4.78 is 66.2. The zero-order valence-electron chi connectivity index (χ0n) is 40.5. The number of carbonyl (C=O) groups excluding carboxylic acids is 5. The number of hydrogen-bond donors (Lipinski definition) is 3. The van der Waals surface area contributed by atoms with Crippen LogP contribution >= 0.6 is 0 Å². The second-order valence-corrected chi connectivity index (χ2v) is 23.9. The van der Waals surface area contributed by atoms with Crippen LogP contribution in [-0.4, -0.2) is 116 Å². The van der Waals surface area contributed by atoms with Gasteiger partial charge in [0.1, 0.15) is 6.61 Å². The molecule has 2 saturated heterocycles. The minimum atomic E-state index is -2.00. The van der Waals surface area contributed by atoms with Gasteiger partial charge in [-0.3, -0.25) is 24.0 Å². The van der Waals surface area contributed by atoms with Crippen molar-refractivity contribution in [3.05, 3.63) is 47.6 Å². The van der Waals surface area contributed by atoms with E-state index in [1.807, 2.05) is 13.8 Å². The summed E-state index contributed by atoms with van der Waals surface area (Å²) in [5, 5.41) is 33.1. The van der Waals surface area contributed by atoms with Crippen LogP contribution in [-0.2, 0) is 47.7 Å². The molecule has 15 heteroatoms. The third-order valence-corrected chi connectivity index (χ3v) is 21.1. The fraction of sp³-hybridized carbons (Fsp3) is 0.759. The van der Waals surface area contributed by atoms with Crippen LogP contribution in [0.2, 0.25) is 0 Å². The fourth-order valence-electron chi connectivity index (χ4n) is 17.9. The van der Waals surface area contributed by atoms with Crippen molar-refractivity contribution in [2.75, 3.05) is 13.2 Å². The van der Waals surface area contributed by atoms with Crippen molar-refractivity contribution < 1.29 is 71.8 Å². The van der Waals surface area contributed by atoms with E-state index in [0.29, 0.717) is 69.8 Å². The van der Waals surface area contributed by atoms with E-state index >= 15 is 8.78 Å². The van der Waals surface area contributed by atoms with Crippen molar-refractivity contribution in [3.63, 3.8) is 0 Å².